The van der Waals surface area contributed by atoms with Crippen LogP contribution in [0.5, 0.6) is 0 Å². The molecule has 58 valence electrons. The molecule has 1 fully saturated rings. The molecule has 0 bridgehead atoms. The number of nitrogens with two attached hydrogens (primary N) is 1. The molecule has 4 nitrogen and oxygen atoms in total. The van der Waals surface area contributed by atoms with Crippen LogP contribution in [0.3, 0.4) is 0 Å². The zero-order chi connectivity index (χ0) is 7.40. The lowest BCUT2D eigenvalue weighted by Gasteiger charge is -2.11. The summed E-state index contributed by atoms with van der Waals surface area (Å²) in [4.78, 5) is 10.8. The van der Waals surface area contributed by atoms with Gasteiger partial charge in [0.15, 0.2) is 0 Å². The fraction of sp³-hybridized carbons (Fsp3) is 0.833. The Bertz CT molecular complexity index is 126. The molecule has 1 aliphatic rings. The molecule has 0 saturated carbocycles. The van der Waals surface area contributed by atoms with Crippen LogP contribution in [0.4, 0.5) is 0 Å². The molecular formula is C6H13N3O. The number of hydrogen-bond acceptors (Lipinski definition) is 3. The van der Waals surface area contributed by atoms with E-state index in [0.29, 0.717) is 13.0 Å². The Hall–Kier alpha value is -0.610. The summed E-state index contributed by atoms with van der Waals surface area (Å²) in [6.07, 6.45) is 0.566. The quantitative estimate of drug-likeness (QED) is 0.415. The topological polar surface area (TPSA) is 67.1 Å². The second kappa shape index (κ2) is 3.53. The first-order chi connectivity index (χ1) is 4.83. The Morgan fingerprint density at radius 2 is 2.50 bits per heavy atom. The molecule has 1 rings (SSSR count). The van der Waals surface area contributed by atoms with Crippen LogP contribution in [0.25, 0.3) is 0 Å². The van der Waals surface area contributed by atoms with Gasteiger partial charge in [-0.2, -0.15) is 0 Å². The molecule has 1 saturated heterocycles. The largest absolute Gasteiger partial charge is 0.351 e. The van der Waals surface area contributed by atoms with Gasteiger partial charge in [0.1, 0.15) is 0 Å². The second-order valence-electron chi connectivity index (χ2n) is 2.45. The first-order valence-corrected chi connectivity index (χ1v) is 3.53. The fourth-order valence-electron chi connectivity index (χ4n) is 0.971. The third-order valence-corrected chi connectivity index (χ3v) is 1.57. The molecule has 1 heterocycles. The van der Waals surface area contributed by atoms with Crippen LogP contribution in [-0.2, 0) is 4.79 Å². The Morgan fingerprint density at radius 1 is 1.70 bits per heavy atom. The van der Waals surface area contributed by atoms with Crippen molar-refractivity contribution in [2.45, 2.75) is 12.5 Å². The minimum absolute atomic E-state index is 0.0976. The fourth-order valence-corrected chi connectivity index (χ4v) is 0.971. The van der Waals surface area contributed by atoms with Gasteiger partial charge >= 0.3 is 0 Å². The molecular weight excluding hydrogens is 130 g/mol. The summed E-state index contributed by atoms with van der Waals surface area (Å²) in [7, 11) is 0. The zero-order valence-corrected chi connectivity index (χ0v) is 5.89. The molecule has 0 aliphatic carbocycles. The van der Waals surface area contributed by atoms with Crippen LogP contribution >= 0.6 is 0 Å². The zero-order valence-electron chi connectivity index (χ0n) is 5.89. The predicted octanol–water partition coefficient (Wildman–Crippen LogP) is -1.58. The first-order valence-electron chi connectivity index (χ1n) is 3.53. The maximum Gasteiger partial charge on any atom is 0.221 e. The highest BCUT2D eigenvalue weighted by atomic mass is 16.1. The van der Waals surface area contributed by atoms with E-state index in [-0.39, 0.29) is 11.9 Å². The lowest BCUT2D eigenvalue weighted by Crippen LogP contribution is -2.43. The number of rotatable bonds is 1. The maximum atomic E-state index is 10.8. The van der Waals surface area contributed by atoms with E-state index in [0.717, 1.165) is 13.1 Å². The predicted molar refractivity (Wildman–Crippen MR) is 38.5 cm³/mol. The van der Waals surface area contributed by atoms with Crippen LogP contribution < -0.4 is 16.4 Å². The SMILES string of the molecule is NCC1CNCCC(=O)N1. The van der Waals surface area contributed by atoms with Crippen molar-refractivity contribution in [3.63, 3.8) is 0 Å². The molecule has 0 aromatic heterocycles. The maximum absolute atomic E-state index is 10.8. The Labute approximate surface area is 60.2 Å². The summed E-state index contributed by atoms with van der Waals surface area (Å²) in [5.74, 6) is 0.0976. The summed E-state index contributed by atoms with van der Waals surface area (Å²) < 4.78 is 0. The average Bonchev–Trinajstić information content (AvgIpc) is 2.13. The molecule has 1 unspecified atom stereocenters. The molecule has 1 amide bonds. The van der Waals surface area contributed by atoms with Gasteiger partial charge in [0.2, 0.25) is 5.91 Å². The monoisotopic (exact) mass is 143 g/mol. The van der Waals surface area contributed by atoms with Crippen molar-refractivity contribution in [2.24, 2.45) is 5.73 Å². The van der Waals surface area contributed by atoms with E-state index < -0.39 is 0 Å². The van der Waals surface area contributed by atoms with E-state index in [1.54, 1.807) is 0 Å². The molecule has 1 aliphatic heterocycles. The average molecular weight is 143 g/mol. The van der Waals surface area contributed by atoms with Gasteiger partial charge in [0.05, 0.1) is 6.04 Å². The second-order valence-corrected chi connectivity index (χ2v) is 2.45. The van der Waals surface area contributed by atoms with Crippen molar-refractivity contribution in [3.05, 3.63) is 0 Å². The highest BCUT2D eigenvalue weighted by molar-refractivity contribution is 5.76. The Balaban J connectivity index is 2.38. The van der Waals surface area contributed by atoms with Crippen molar-refractivity contribution in [3.8, 4) is 0 Å². The Morgan fingerprint density at radius 3 is 3.20 bits per heavy atom. The highest BCUT2D eigenvalue weighted by Crippen LogP contribution is 1.87. The smallest absolute Gasteiger partial charge is 0.221 e. The third kappa shape index (κ3) is 1.97. The molecule has 0 aromatic rings. The molecule has 10 heavy (non-hydrogen) atoms. The van der Waals surface area contributed by atoms with Crippen LogP contribution in [0.1, 0.15) is 6.42 Å². The van der Waals surface area contributed by atoms with Crippen LogP contribution in [0, 0.1) is 0 Å². The standard InChI is InChI=1S/C6H13N3O/c7-3-5-4-8-2-1-6(10)9-5/h5,8H,1-4,7H2,(H,9,10). The highest BCUT2D eigenvalue weighted by Gasteiger charge is 2.13. The van der Waals surface area contributed by atoms with Crippen molar-refractivity contribution >= 4 is 5.91 Å². The molecule has 0 spiro atoms. The lowest BCUT2D eigenvalue weighted by molar-refractivity contribution is -0.121. The molecule has 1 atom stereocenters. The lowest BCUT2D eigenvalue weighted by atomic mass is 10.3. The van der Waals surface area contributed by atoms with Crippen molar-refractivity contribution in [1.82, 2.24) is 10.6 Å². The summed E-state index contributed by atoms with van der Waals surface area (Å²) >= 11 is 0. The van der Waals surface area contributed by atoms with Gasteiger partial charge in [-0.3, -0.25) is 4.79 Å². The van der Waals surface area contributed by atoms with Gasteiger partial charge in [0, 0.05) is 26.1 Å². The van der Waals surface area contributed by atoms with E-state index in [4.69, 9.17) is 5.73 Å². The number of hydrogen-bond donors (Lipinski definition) is 3. The summed E-state index contributed by atoms with van der Waals surface area (Å²) in [5.41, 5.74) is 5.38. The first kappa shape index (κ1) is 7.50. The van der Waals surface area contributed by atoms with Gasteiger partial charge in [-0.1, -0.05) is 0 Å². The summed E-state index contributed by atoms with van der Waals surface area (Å²) in [6, 6.07) is 0.120. The number of carbonyl (C=O) groups excluding carboxylic acids is 1. The third-order valence-electron chi connectivity index (χ3n) is 1.57. The summed E-state index contributed by atoms with van der Waals surface area (Å²) in [6.45, 7) is 2.07. The van der Waals surface area contributed by atoms with Crippen molar-refractivity contribution in [2.75, 3.05) is 19.6 Å². The minimum Gasteiger partial charge on any atom is -0.351 e. The van der Waals surface area contributed by atoms with Crippen LogP contribution in [-0.4, -0.2) is 31.6 Å². The van der Waals surface area contributed by atoms with E-state index >= 15 is 0 Å². The minimum atomic E-state index is 0.0976. The molecule has 4 N–H and O–H groups in total. The van der Waals surface area contributed by atoms with Gasteiger partial charge < -0.3 is 16.4 Å². The van der Waals surface area contributed by atoms with Crippen molar-refractivity contribution in [1.29, 1.82) is 0 Å². The van der Waals surface area contributed by atoms with E-state index in [1.807, 2.05) is 0 Å². The normalized spacial score (nSPS) is 27.3. The van der Waals surface area contributed by atoms with Crippen LogP contribution in [0.2, 0.25) is 0 Å². The summed E-state index contributed by atoms with van der Waals surface area (Å²) in [5, 5.41) is 5.92. The van der Waals surface area contributed by atoms with Gasteiger partial charge in [-0.15, -0.1) is 0 Å². The van der Waals surface area contributed by atoms with Gasteiger partial charge in [-0.05, 0) is 0 Å². The molecule has 4 heteroatoms. The van der Waals surface area contributed by atoms with E-state index in [9.17, 15) is 4.79 Å². The number of nitrogens with one attached hydrogen (secondary N) is 2. The number of amides is 1. The van der Waals surface area contributed by atoms with Crippen molar-refractivity contribution < 1.29 is 4.79 Å². The number of carbonyl (C=O) groups is 1. The molecule has 0 aromatic carbocycles. The van der Waals surface area contributed by atoms with Gasteiger partial charge in [-0.25, -0.2) is 0 Å². The molecule has 0 radical (unpaired) electrons. The van der Waals surface area contributed by atoms with Gasteiger partial charge in [0.25, 0.3) is 0 Å². The van der Waals surface area contributed by atoms with Crippen LogP contribution in [0.15, 0.2) is 0 Å². The van der Waals surface area contributed by atoms with E-state index in [1.165, 1.54) is 0 Å². The van der Waals surface area contributed by atoms with E-state index in [2.05, 4.69) is 10.6 Å². The Kier molecular flexibility index (Phi) is 2.65.